The highest BCUT2D eigenvalue weighted by atomic mass is 79.9. The summed E-state index contributed by atoms with van der Waals surface area (Å²) in [6.07, 6.45) is 0.894. The molecule has 0 saturated carbocycles. The highest BCUT2D eigenvalue weighted by Crippen LogP contribution is 2.15. The Morgan fingerprint density at radius 2 is 1.79 bits per heavy atom. The topological polar surface area (TPSA) is 12.0 Å². The van der Waals surface area contributed by atoms with E-state index in [-0.39, 0.29) is 5.82 Å². The van der Waals surface area contributed by atoms with E-state index in [2.05, 4.69) is 34.2 Å². The van der Waals surface area contributed by atoms with Crippen LogP contribution in [0, 0.1) is 5.82 Å². The SMILES string of the molecule is CC(Cc1ccc(F)cc1)NCc1ccccc1Br. The van der Waals surface area contributed by atoms with E-state index < -0.39 is 0 Å². The van der Waals surface area contributed by atoms with Gasteiger partial charge < -0.3 is 5.32 Å². The van der Waals surface area contributed by atoms with Crippen LogP contribution < -0.4 is 5.32 Å². The fourth-order valence-corrected chi connectivity index (χ4v) is 2.40. The molecule has 0 aliphatic carbocycles. The average molecular weight is 322 g/mol. The molecule has 0 bridgehead atoms. The van der Waals surface area contributed by atoms with Crippen LogP contribution in [0.2, 0.25) is 0 Å². The summed E-state index contributed by atoms with van der Waals surface area (Å²) in [5, 5.41) is 3.48. The Bertz CT molecular complexity index is 525. The molecule has 0 amide bonds. The molecule has 100 valence electrons. The molecular formula is C16H17BrFN. The maximum Gasteiger partial charge on any atom is 0.123 e. The van der Waals surface area contributed by atoms with Gasteiger partial charge in [-0.3, -0.25) is 0 Å². The van der Waals surface area contributed by atoms with Gasteiger partial charge in [0.2, 0.25) is 0 Å². The van der Waals surface area contributed by atoms with Crippen LogP contribution in [-0.2, 0) is 13.0 Å². The average Bonchev–Trinajstić information content (AvgIpc) is 2.40. The summed E-state index contributed by atoms with van der Waals surface area (Å²) in [6, 6.07) is 15.2. The molecule has 1 atom stereocenters. The van der Waals surface area contributed by atoms with E-state index in [1.807, 2.05) is 30.3 Å². The monoisotopic (exact) mass is 321 g/mol. The largest absolute Gasteiger partial charge is 0.310 e. The molecule has 0 aliphatic rings. The molecule has 1 nitrogen and oxygen atoms in total. The molecule has 1 unspecified atom stereocenters. The van der Waals surface area contributed by atoms with Gasteiger partial charge in [0, 0.05) is 17.1 Å². The number of rotatable bonds is 5. The van der Waals surface area contributed by atoms with Crippen molar-refractivity contribution in [3.05, 3.63) is 69.9 Å². The third-order valence-corrected chi connectivity index (χ3v) is 3.83. The van der Waals surface area contributed by atoms with Gasteiger partial charge in [0.15, 0.2) is 0 Å². The zero-order chi connectivity index (χ0) is 13.7. The van der Waals surface area contributed by atoms with E-state index in [1.54, 1.807) is 0 Å². The molecule has 19 heavy (non-hydrogen) atoms. The van der Waals surface area contributed by atoms with E-state index >= 15 is 0 Å². The molecule has 0 aromatic heterocycles. The molecule has 0 saturated heterocycles. The quantitative estimate of drug-likeness (QED) is 0.865. The first-order chi connectivity index (χ1) is 9.15. The normalized spacial score (nSPS) is 12.4. The van der Waals surface area contributed by atoms with Gasteiger partial charge >= 0.3 is 0 Å². The molecule has 0 spiro atoms. The molecule has 3 heteroatoms. The standard InChI is InChI=1S/C16H17BrFN/c1-12(10-13-6-8-15(18)9-7-13)19-11-14-4-2-3-5-16(14)17/h2-9,12,19H,10-11H2,1H3. The van der Waals surface area contributed by atoms with Gasteiger partial charge in [-0.25, -0.2) is 4.39 Å². The summed E-state index contributed by atoms with van der Waals surface area (Å²) in [5.41, 5.74) is 2.39. The number of hydrogen-bond donors (Lipinski definition) is 1. The van der Waals surface area contributed by atoms with Crippen molar-refractivity contribution in [2.75, 3.05) is 0 Å². The van der Waals surface area contributed by atoms with Crippen molar-refractivity contribution in [2.45, 2.75) is 25.9 Å². The number of hydrogen-bond acceptors (Lipinski definition) is 1. The van der Waals surface area contributed by atoms with Crippen molar-refractivity contribution < 1.29 is 4.39 Å². The minimum Gasteiger partial charge on any atom is -0.310 e. The summed E-state index contributed by atoms with van der Waals surface area (Å²) >= 11 is 3.54. The minimum absolute atomic E-state index is 0.183. The lowest BCUT2D eigenvalue weighted by Crippen LogP contribution is -2.27. The smallest absolute Gasteiger partial charge is 0.123 e. The second-order valence-electron chi connectivity index (χ2n) is 4.70. The number of nitrogens with one attached hydrogen (secondary N) is 1. The van der Waals surface area contributed by atoms with E-state index in [0.29, 0.717) is 6.04 Å². The van der Waals surface area contributed by atoms with E-state index in [9.17, 15) is 4.39 Å². The summed E-state index contributed by atoms with van der Waals surface area (Å²) < 4.78 is 13.9. The zero-order valence-corrected chi connectivity index (χ0v) is 12.5. The van der Waals surface area contributed by atoms with Crippen molar-refractivity contribution in [3.63, 3.8) is 0 Å². The summed E-state index contributed by atoms with van der Waals surface area (Å²) in [5.74, 6) is -0.183. The molecule has 0 aliphatic heterocycles. The van der Waals surface area contributed by atoms with Gasteiger partial charge in [-0.05, 0) is 42.7 Å². The van der Waals surface area contributed by atoms with E-state index in [4.69, 9.17) is 0 Å². The van der Waals surface area contributed by atoms with Gasteiger partial charge in [0.1, 0.15) is 5.82 Å². The lowest BCUT2D eigenvalue weighted by Gasteiger charge is -2.14. The Labute approximate surface area is 122 Å². The van der Waals surface area contributed by atoms with Crippen LogP contribution in [0.4, 0.5) is 4.39 Å². The highest BCUT2D eigenvalue weighted by Gasteiger charge is 2.05. The van der Waals surface area contributed by atoms with Gasteiger partial charge in [-0.15, -0.1) is 0 Å². The van der Waals surface area contributed by atoms with Crippen LogP contribution in [0.1, 0.15) is 18.1 Å². The van der Waals surface area contributed by atoms with Gasteiger partial charge in [-0.2, -0.15) is 0 Å². The molecule has 0 heterocycles. The summed E-state index contributed by atoms with van der Waals surface area (Å²) in [6.45, 7) is 2.96. The first-order valence-electron chi connectivity index (χ1n) is 6.36. The van der Waals surface area contributed by atoms with Crippen LogP contribution in [0.3, 0.4) is 0 Å². The van der Waals surface area contributed by atoms with Crippen LogP contribution in [0.25, 0.3) is 0 Å². The maximum absolute atomic E-state index is 12.8. The minimum atomic E-state index is -0.183. The third kappa shape index (κ3) is 4.44. The lowest BCUT2D eigenvalue weighted by molar-refractivity contribution is 0.544. The Morgan fingerprint density at radius 1 is 1.11 bits per heavy atom. The predicted molar refractivity (Wildman–Crippen MR) is 80.5 cm³/mol. The highest BCUT2D eigenvalue weighted by molar-refractivity contribution is 9.10. The van der Waals surface area contributed by atoms with Gasteiger partial charge in [-0.1, -0.05) is 46.3 Å². The van der Waals surface area contributed by atoms with E-state index in [0.717, 1.165) is 23.0 Å². The number of benzene rings is 2. The molecule has 0 radical (unpaired) electrons. The molecule has 1 N–H and O–H groups in total. The van der Waals surface area contributed by atoms with Gasteiger partial charge in [0.05, 0.1) is 0 Å². The maximum atomic E-state index is 12.8. The fraction of sp³-hybridized carbons (Fsp3) is 0.250. The summed E-state index contributed by atoms with van der Waals surface area (Å²) in [7, 11) is 0. The third-order valence-electron chi connectivity index (χ3n) is 3.05. The van der Waals surface area contributed by atoms with Crippen LogP contribution >= 0.6 is 15.9 Å². The molecule has 2 aromatic rings. The van der Waals surface area contributed by atoms with Crippen molar-refractivity contribution in [2.24, 2.45) is 0 Å². The van der Waals surface area contributed by atoms with Crippen molar-refractivity contribution >= 4 is 15.9 Å². The zero-order valence-electron chi connectivity index (χ0n) is 10.9. The molecule has 2 rings (SSSR count). The molecular weight excluding hydrogens is 305 g/mol. The lowest BCUT2D eigenvalue weighted by atomic mass is 10.1. The molecule has 2 aromatic carbocycles. The van der Waals surface area contributed by atoms with E-state index in [1.165, 1.54) is 17.7 Å². The van der Waals surface area contributed by atoms with Gasteiger partial charge in [0.25, 0.3) is 0 Å². The summed E-state index contributed by atoms with van der Waals surface area (Å²) in [4.78, 5) is 0. The predicted octanol–water partition coefficient (Wildman–Crippen LogP) is 4.31. The van der Waals surface area contributed by atoms with Crippen LogP contribution in [0.15, 0.2) is 53.0 Å². The Balaban J connectivity index is 1.86. The second-order valence-corrected chi connectivity index (χ2v) is 5.56. The first-order valence-corrected chi connectivity index (χ1v) is 7.15. The first kappa shape index (κ1) is 14.2. The van der Waals surface area contributed by atoms with Crippen molar-refractivity contribution in [1.29, 1.82) is 0 Å². The number of halogens is 2. The van der Waals surface area contributed by atoms with Crippen LogP contribution in [0.5, 0.6) is 0 Å². The Kier molecular flexibility index (Phi) is 5.11. The van der Waals surface area contributed by atoms with Crippen molar-refractivity contribution in [1.82, 2.24) is 5.32 Å². The molecule has 0 fully saturated rings. The Morgan fingerprint density at radius 3 is 2.47 bits per heavy atom. The fourth-order valence-electron chi connectivity index (χ4n) is 1.97. The van der Waals surface area contributed by atoms with Crippen LogP contribution in [-0.4, -0.2) is 6.04 Å². The Hall–Kier alpha value is -1.19. The van der Waals surface area contributed by atoms with Crippen molar-refractivity contribution in [3.8, 4) is 0 Å². The second kappa shape index (κ2) is 6.83.